The maximum atomic E-state index is 12.0. The molecule has 0 fully saturated rings. The smallest absolute Gasteiger partial charge is 0.258 e. The number of benzene rings is 3. The number of non-ortho nitro benzene ring substituents is 1. The highest BCUT2D eigenvalue weighted by Gasteiger charge is 2.23. The van der Waals surface area contributed by atoms with E-state index in [2.05, 4.69) is 0 Å². The molecule has 2 N–H and O–H groups in total. The number of hydrogen-bond acceptors (Lipinski definition) is 4. The Balaban J connectivity index is 2.23. The molecule has 0 heterocycles. The zero-order chi connectivity index (χ0) is 18.2. The summed E-state index contributed by atoms with van der Waals surface area (Å²) in [5, 5.41) is 18.3. The van der Waals surface area contributed by atoms with Gasteiger partial charge in [0.1, 0.15) is 0 Å². The maximum absolute atomic E-state index is 12.0. The summed E-state index contributed by atoms with van der Waals surface area (Å²) in [4.78, 5) is 10.1. The second kappa shape index (κ2) is 6.27. The lowest BCUT2D eigenvalue weighted by atomic mass is 9.89. The maximum Gasteiger partial charge on any atom is 0.270 e. The highest BCUT2D eigenvalue weighted by atomic mass is 32.2. The lowest BCUT2D eigenvalue weighted by Gasteiger charge is -2.18. The summed E-state index contributed by atoms with van der Waals surface area (Å²) >= 11 is 0. The topological polar surface area (TPSA) is 103 Å². The van der Waals surface area contributed by atoms with Crippen LogP contribution in [0.3, 0.4) is 0 Å². The normalized spacial score (nSPS) is 12.9. The fraction of sp³-hybridized carbons (Fsp3) is 0.111. The fourth-order valence-corrected chi connectivity index (χ4v) is 3.89. The highest BCUT2D eigenvalue weighted by molar-refractivity contribution is 7.89. The second-order valence-corrected chi connectivity index (χ2v) is 7.34. The molecule has 0 bridgehead atoms. The van der Waals surface area contributed by atoms with Crippen molar-refractivity contribution in [3.63, 3.8) is 0 Å². The Hall–Kier alpha value is -2.77. The second-order valence-electron chi connectivity index (χ2n) is 5.81. The van der Waals surface area contributed by atoms with Crippen LogP contribution in [0.1, 0.15) is 24.0 Å². The molecule has 6 nitrogen and oxygen atoms in total. The van der Waals surface area contributed by atoms with Crippen molar-refractivity contribution < 1.29 is 13.3 Å². The van der Waals surface area contributed by atoms with Gasteiger partial charge in [0.2, 0.25) is 10.0 Å². The average Bonchev–Trinajstić information content (AvgIpc) is 2.59. The minimum atomic E-state index is -4.10. The van der Waals surface area contributed by atoms with Crippen LogP contribution in [0.4, 0.5) is 5.69 Å². The van der Waals surface area contributed by atoms with Crippen LogP contribution in [0, 0.1) is 10.1 Å². The molecule has 0 amide bonds. The van der Waals surface area contributed by atoms with Crippen LogP contribution in [0.5, 0.6) is 0 Å². The SMILES string of the molecule is CC(c1ccc([N+](=O)[O-])cc1S(N)(=O)=O)c1cccc2ccccc12. The standard InChI is InChI=1S/C18H16N2O4S/c1-12(15-8-4-6-13-5-2-3-7-17(13)15)16-10-9-14(20(21)22)11-18(16)25(19,23)24/h2-12H,1H3,(H2,19,23,24). The number of nitrogens with zero attached hydrogens (tertiary/aromatic N) is 1. The Bertz CT molecular complexity index is 1070. The number of hydrogen-bond donors (Lipinski definition) is 1. The van der Waals surface area contributed by atoms with E-state index in [1.54, 1.807) is 0 Å². The van der Waals surface area contributed by atoms with Crippen LogP contribution in [0.2, 0.25) is 0 Å². The highest BCUT2D eigenvalue weighted by Crippen LogP contribution is 2.34. The number of nitro benzene ring substituents is 1. The van der Waals surface area contributed by atoms with E-state index in [0.29, 0.717) is 5.56 Å². The van der Waals surface area contributed by atoms with Gasteiger partial charge in [-0.25, -0.2) is 13.6 Å². The number of rotatable bonds is 4. The third kappa shape index (κ3) is 3.24. The van der Waals surface area contributed by atoms with Crippen molar-refractivity contribution in [3.05, 3.63) is 81.9 Å². The summed E-state index contributed by atoms with van der Waals surface area (Å²) in [5.74, 6) is -0.305. The number of nitro groups is 1. The van der Waals surface area contributed by atoms with E-state index < -0.39 is 14.9 Å². The van der Waals surface area contributed by atoms with Crippen LogP contribution >= 0.6 is 0 Å². The van der Waals surface area contributed by atoms with Crippen LogP contribution in [0.25, 0.3) is 10.8 Å². The summed E-state index contributed by atoms with van der Waals surface area (Å²) in [7, 11) is -4.10. The molecule has 0 aromatic heterocycles. The number of fused-ring (bicyclic) bond motifs is 1. The molecule has 1 unspecified atom stereocenters. The summed E-state index contributed by atoms with van der Waals surface area (Å²) in [6.45, 7) is 1.86. The van der Waals surface area contributed by atoms with Crippen LogP contribution in [-0.2, 0) is 10.0 Å². The molecule has 0 saturated heterocycles. The molecule has 0 saturated carbocycles. The minimum absolute atomic E-state index is 0.220. The van der Waals surface area contributed by atoms with E-state index in [1.807, 2.05) is 49.4 Å². The molecular formula is C18H16N2O4S. The third-order valence-corrected chi connectivity index (χ3v) is 5.24. The van der Waals surface area contributed by atoms with Gasteiger partial charge in [0, 0.05) is 18.1 Å². The van der Waals surface area contributed by atoms with Crippen molar-refractivity contribution in [2.45, 2.75) is 17.7 Å². The monoisotopic (exact) mass is 356 g/mol. The van der Waals surface area contributed by atoms with Gasteiger partial charge >= 0.3 is 0 Å². The largest absolute Gasteiger partial charge is 0.270 e. The van der Waals surface area contributed by atoms with Gasteiger partial charge in [0.15, 0.2) is 0 Å². The molecule has 25 heavy (non-hydrogen) atoms. The van der Waals surface area contributed by atoms with Crippen molar-refractivity contribution in [2.75, 3.05) is 0 Å². The van der Waals surface area contributed by atoms with E-state index >= 15 is 0 Å². The fourth-order valence-electron chi connectivity index (χ4n) is 3.04. The van der Waals surface area contributed by atoms with Gasteiger partial charge < -0.3 is 0 Å². The first-order valence-electron chi connectivity index (χ1n) is 7.58. The molecule has 3 aromatic rings. The Morgan fingerprint density at radius 2 is 1.68 bits per heavy atom. The molecule has 3 aromatic carbocycles. The predicted molar refractivity (Wildman–Crippen MR) is 95.9 cm³/mol. The summed E-state index contributed by atoms with van der Waals surface area (Å²) in [6.07, 6.45) is 0. The molecule has 0 spiro atoms. The van der Waals surface area contributed by atoms with Crippen LogP contribution in [-0.4, -0.2) is 13.3 Å². The van der Waals surface area contributed by atoms with E-state index in [9.17, 15) is 18.5 Å². The van der Waals surface area contributed by atoms with Crippen molar-refractivity contribution in [3.8, 4) is 0 Å². The van der Waals surface area contributed by atoms with E-state index in [1.165, 1.54) is 12.1 Å². The molecule has 0 radical (unpaired) electrons. The Morgan fingerprint density at radius 1 is 1.00 bits per heavy atom. The molecule has 128 valence electrons. The van der Waals surface area contributed by atoms with Crippen molar-refractivity contribution in [1.29, 1.82) is 0 Å². The van der Waals surface area contributed by atoms with Crippen molar-refractivity contribution >= 4 is 26.5 Å². The molecule has 0 aliphatic carbocycles. The molecule has 0 aliphatic rings. The van der Waals surface area contributed by atoms with Crippen LogP contribution in [0.15, 0.2) is 65.6 Å². The number of sulfonamides is 1. The van der Waals surface area contributed by atoms with Crippen molar-refractivity contribution in [2.24, 2.45) is 5.14 Å². The molecule has 0 aliphatic heterocycles. The minimum Gasteiger partial charge on any atom is -0.258 e. The summed E-state index contributed by atoms with van der Waals surface area (Å²) < 4.78 is 24.0. The third-order valence-electron chi connectivity index (χ3n) is 4.27. The quantitative estimate of drug-likeness (QED) is 0.570. The molecule has 7 heteroatoms. The molecule has 3 rings (SSSR count). The first-order chi connectivity index (χ1) is 11.8. The lowest BCUT2D eigenvalue weighted by Crippen LogP contribution is -2.16. The van der Waals surface area contributed by atoms with Gasteiger partial charge in [-0.1, -0.05) is 55.5 Å². The number of nitrogens with two attached hydrogens (primary N) is 1. The van der Waals surface area contributed by atoms with Gasteiger partial charge in [-0.15, -0.1) is 0 Å². The van der Waals surface area contributed by atoms with Gasteiger partial charge in [0.05, 0.1) is 9.82 Å². The van der Waals surface area contributed by atoms with Gasteiger partial charge in [-0.3, -0.25) is 10.1 Å². The molecular weight excluding hydrogens is 340 g/mol. The lowest BCUT2D eigenvalue weighted by molar-refractivity contribution is -0.385. The summed E-state index contributed by atoms with van der Waals surface area (Å²) in [6, 6.07) is 17.3. The predicted octanol–water partition coefficient (Wildman–Crippen LogP) is 3.55. The van der Waals surface area contributed by atoms with E-state index in [0.717, 1.165) is 22.4 Å². The number of primary sulfonamides is 1. The van der Waals surface area contributed by atoms with Gasteiger partial charge in [0.25, 0.3) is 5.69 Å². The Morgan fingerprint density at radius 3 is 2.36 bits per heavy atom. The Kier molecular flexibility index (Phi) is 4.28. The average molecular weight is 356 g/mol. The Labute approximate surface area is 145 Å². The zero-order valence-corrected chi connectivity index (χ0v) is 14.2. The van der Waals surface area contributed by atoms with Crippen molar-refractivity contribution in [1.82, 2.24) is 0 Å². The zero-order valence-electron chi connectivity index (χ0n) is 13.4. The molecule has 1 atom stereocenters. The summed E-state index contributed by atoms with van der Waals surface area (Å²) in [5.41, 5.74) is 1.05. The first-order valence-corrected chi connectivity index (χ1v) is 9.12. The van der Waals surface area contributed by atoms with Gasteiger partial charge in [-0.05, 0) is 21.9 Å². The van der Waals surface area contributed by atoms with E-state index in [4.69, 9.17) is 5.14 Å². The van der Waals surface area contributed by atoms with Crippen LogP contribution < -0.4 is 5.14 Å². The van der Waals surface area contributed by atoms with Gasteiger partial charge in [-0.2, -0.15) is 0 Å². The van der Waals surface area contributed by atoms with E-state index in [-0.39, 0.29) is 16.5 Å². The first kappa shape index (κ1) is 17.1.